The highest BCUT2D eigenvalue weighted by molar-refractivity contribution is 4.80. The predicted molar refractivity (Wildman–Crippen MR) is 171 cm³/mol. The van der Waals surface area contributed by atoms with E-state index < -0.39 is 0 Å². The maximum atomic E-state index is 10.4. The molecule has 1 atom stereocenters. The molecular weight excluding hydrogens is 464 g/mol. The van der Waals surface area contributed by atoms with Gasteiger partial charge in [0.25, 0.3) is 0 Å². The molecule has 0 saturated heterocycles. The molecule has 2 nitrogen and oxygen atoms in total. The Morgan fingerprint density at radius 3 is 0.711 bits per heavy atom. The smallest absolute Gasteiger partial charge is 0.0487 e. The van der Waals surface area contributed by atoms with Gasteiger partial charge in [0.05, 0.1) is 0 Å². The maximum absolute atomic E-state index is 10.4. The van der Waals surface area contributed by atoms with Crippen molar-refractivity contribution in [1.29, 1.82) is 0 Å². The van der Waals surface area contributed by atoms with Crippen molar-refractivity contribution >= 4 is 0 Å². The fraction of sp³-hybridized carbons (Fsp3) is 1.00. The second-order valence-electron chi connectivity index (χ2n) is 13.2. The molecule has 0 aliphatic heterocycles. The first kappa shape index (κ1) is 37.9. The molecule has 0 aromatic carbocycles. The monoisotopic (exact) mass is 539 g/mol. The summed E-state index contributed by atoms with van der Waals surface area (Å²) in [4.78, 5) is 0. The Morgan fingerprint density at radius 2 is 0.474 bits per heavy atom. The van der Waals surface area contributed by atoms with Crippen LogP contribution in [0.3, 0.4) is 0 Å². The maximum Gasteiger partial charge on any atom is 0.0487 e. The summed E-state index contributed by atoms with van der Waals surface area (Å²) in [5.74, 6) is 0. The van der Waals surface area contributed by atoms with Crippen molar-refractivity contribution < 1.29 is 10.2 Å². The van der Waals surface area contributed by atoms with Crippen molar-refractivity contribution in [3.05, 3.63) is 0 Å². The lowest BCUT2D eigenvalue weighted by atomic mass is 9.74. The average molecular weight is 539 g/mol. The van der Waals surface area contributed by atoms with Crippen LogP contribution in [0, 0.1) is 10.8 Å². The van der Waals surface area contributed by atoms with Gasteiger partial charge in [0.1, 0.15) is 0 Å². The van der Waals surface area contributed by atoms with Gasteiger partial charge in [-0.05, 0) is 49.4 Å². The molecular formula is C36H74O2. The molecule has 0 rings (SSSR count). The Kier molecular flexibility index (Phi) is 27.1. The summed E-state index contributed by atoms with van der Waals surface area (Å²) in [6, 6.07) is 0. The van der Waals surface area contributed by atoms with Gasteiger partial charge >= 0.3 is 0 Å². The van der Waals surface area contributed by atoms with Crippen LogP contribution in [0.5, 0.6) is 0 Å². The molecule has 0 heterocycles. The standard InChI is InChI=1S/C36H74O2/c1-5-9-13-18-24-30-36(34-38,29-23-12-8-4)32-26-20-17-15-14-16-19-25-31-35(33-37,27-21-10-6-2)28-22-11-7-3/h37-38H,5-34H2,1-4H3. The lowest BCUT2D eigenvalue weighted by Crippen LogP contribution is -2.26. The van der Waals surface area contributed by atoms with E-state index in [-0.39, 0.29) is 10.8 Å². The van der Waals surface area contributed by atoms with Gasteiger partial charge in [-0.25, -0.2) is 0 Å². The van der Waals surface area contributed by atoms with Gasteiger partial charge in [-0.3, -0.25) is 0 Å². The zero-order valence-corrected chi connectivity index (χ0v) is 27.1. The minimum Gasteiger partial charge on any atom is -0.396 e. The third kappa shape index (κ3) is 19.9. The fourth-order valence-electron chi connectivity index (χ4n) is 6.64. The van der Waals surface area contributed by atoms with Crippen LogP contribution in [0.25, 0.3) is 0 Å². The second kappa shape index (κ2) is 27.1. The summed E-state index contributed by atoms with van der Waals surface area (Å²) in [7, 11) is 0. The van der Waals surface area contributed by atoms with Gasteiger partial charge in [0.15, 0.2) is 0 Å². The normalized spacial score (nSPS) is 13.7. The molecule has 0 aliphatic carbocycles. The topological polar surface area (TPSA) is 40.5 Å². The number of aliphatic hydroxyl groups excluding tert-OH is 2. The summed E-state index contributed by atoms with van der Waals surface area (Å²) in [5, 5.41) is 20.7. The van der Waals surface area contributed by atoms with E-state index in [0.29, 0.717) is 13.2 Å². The van der Waals surface area contributed by atoms with E-state index in [1.165, 1.54) is 180 Å². The lowest BCUT2D eigenvalue weighted by Gasteiger charge is -2.33. The largest absolute Gasteiger partial charge is 0.396 e. The molecule has 1 unspecified atom stereocenters. The highest BCUT2D eigenvalue weighted by Crippen LogP contribution is 2.38. The van der Waals surface area contributed by atoms with Crippen LogP contribution in [0.1, 0.15) is 207 Å². The van der Waals surface area contributed by atoms with Crippen LogP contribution in [0.4, 0.5) is 0 Å². The van der Waals surface area contributed by atoms with E-state index in [4.69, 9.17) is 0 Å². The molecule has 38 heavy (non-hydrogen) atoms. The van der Waals surface area contributed by atoms with Crippen LogP contribution in [-0.4, -0.2) is 23.4 Å². The number of hydrogen-bond donors (Lipinski definition) is 2. The van der Waals surface area contributed by atoms with E-state index in [2.05, 4.69) is 27.7 Å². The molecule has 230 valence electrons. The Hall–Kier alpha value is -0.0800. The highest BCUT2D eigenvalue weighted by Gasteiger charge is 2.28. The first-order chi connectivity index (χ1) is 18.6. The van der Waals surface area contributed by atoms with Crippen molar-refractivity contribution in [2.75, 3.05) is 13.2 Å². The van der Waals surface area contributed by atoms with E-state index in [0.717, 1.165) is 0 Å². The predicted octanol–water partition coefficient (Wildman–Crippen LogP) is 11.9. The molecule has 0 bridgehead atoms. The highest BCUT2D eigenvalue weighted by atomic mass is 16.3. The quantitative estimate of drug-likeness (QED) is 0.0861. The Morgan fingerprint density at radius 1 is 0.289 bits per heavy atom. The minimum absolute atomic E-state index is 0.203. The molecule has 0 aromatic heterocycles. The number of hydrogen-bond acceptors (Lipinski definition) is 2. The summed E-state index contributed by atoms with van der Waals surface area (Å²) < 4.78 is 0. The van der Waals surface area contributed by atoms with Crippen molar-refractivity contribution in [1.82, 2.24) is 0 Å². The number of unbranched alkanes of at least 4 members (excludes halogenated alkanes) is 17. The molecule has 0 fully saturated rings. The molecule has 0 aromatic rings. The zero-order chi connectivity index (χ0) is 28.2. The summed E-state index contributed by atoms with van der Waals surface area (Å²) in [6.45, 7) is 9.93. The first-order valence-electron chi connectivity index (χ1n) is 17.8. The molecule has 0 radical (unpaired) electrons. The van der Waals surface area contributed by atoms with Crippen LogP contribution >= 0.6 is 0 Å². The summed E-state index contributed by atoms with van der Waals surface area (Å²) in [5.41, 5.74) is 0.408. The van der Waals surface area contributed by atoms with Crippen molar-refractivity contribution in [2.24, 2.45) is 10.8 Å². The lowest BCUT2D eigenvalue weighted by molar-refractivity contribution is 0.0855. The zero-order valence-electron chi connectivity index (χ0n) is 27.1. The Bertz CT molecular complexity index is 452. The van der Waals surface area contributed by atoms with Gasteiger partial charge in [-0.2, -0.15) is 0 Å². The summed E-state index contributed by atoms with van der Waals surface area (Å²) >= 11 is 0. The molecule has 2 N–H and O–H groups in total. The van der Waals surface area contributed by atoms with Gasteiger partial charge in [-0.1, -0.05) is 169 Å². The molecule has 0 aliphatic rings. The third-order valence-corrected chi connectivity index (χ3v) is 9.58. The van der Waals surface area contributed by atoms with Gasteiger partial charge < -0.3 is 10.2 Å². The average Bonchev–Trinajstić information content (AvgIpc) is 2.93. The molecule has 0 spiro atoms. The second-order valence-corrected chi connectivity index (χ2v) is 13.2. The first-order valence-corrected chi connectivity index (χ1v) is 17.8. The Labute approximate surface area is 241 Å². The van der Waals surface area contributed by atoms with Crippen LogP contribution in [0.15, 0.2) is 0 Å². The minimum atomic E-state index is 0.203. The van der Waals surface area contributed by atoms with Gasteiger partial charge in [-0.15, -0.1) is 0 Å². The van der Waals surface area contributed by atoms with E-state index in [1.807, 2.05) is 0 Å². The van der Waals surface area contributed by atoms with Crippen molar-refractivity contribution in [2.45, 2.75) is 207 Å². The Balaban J connectivity index is 4.23. The number of aliphatic hydroxyl groups is 2. The molecule has 0 amide bonds. The molecule has 2 heteroatoms. The van der Waals surface area contributed by atoms with Crippen molar-refractivity contribution in [3.8, 4) is 0 Å². The van der Waals surface area contributed by atoms with Crippen LogP contribution in [-0.2, 0) is 0 Å². The molecule has 0 saturated carbocycles. The van der Waals surface area contributed by atoms with E-state index >= 15 is 0 Å². The fourth-order valence-corrected chi connectivity index (χ4v) is 6.64. The summed E-state index contributed by atoms with van der Waals surface area (Å²) in [6.07, 6.45) is 36.5. The van der Waals surface area contributed by atoms with Gasteiger partial charge in [0, 0.05) is 13.2 Å². The van der Waals surface area contributed by atoms with Crippen LogP contribution < -0.4 is 0 Å². The third-order valence-electron chi connectivity index (χ3n) is 9.58. The van der Waals surface area contributed by atoms with E-state index in [1.54, 1.807) is 0 Å². The van der Waals surface area contributed by atoms with Crippen LogP contribution in [0.2, 0.25) is 0 Å². The van der Waals surface area contributed by atoms with Crippen molar-refractivity contribution in [3.63, 3.8) is 0 Å². The SMILES string of the molecule is CCCCCCCC(CO)(CCCCC)CCCCCCCCCCC(CO)(CCCCC)CCCCC. The van der Waals surface area contributed by atoms with Gasteiger partial charge in [0.2, 0.25) is 0 Å². The van der Waals surface area contributed by atoms with E-state index in [9.17, 15) is 10.2 Å². The number of rotatable bonds is 31.